The van der Waals surface area contributed by atoms with Crippen LogP contribution in [0.1, 0.15) is 54.3 Å². The third-order valence-corrected chi connectivity index (χ3v) is 4.43. The van der Waals surface area contributed by atoms with Crippen molar-refractivity contribution in [1.29, 1.82) is 0 Å². The van der Waals surface area contributed by atoms with Crippen LogP contribution in [-0.4, -0.2) is 10.1 Å². The Morgan fingerprint density at radius 2 is 1.80 bits per heavy atom. The molecule has 1 atom stereocenters. The minimum Gasteiger partial charge on any atom is -0.388 e. The van der Waals surface area contributed by atoms with E-state index in [-0.39, 0.29) is 5.41 Å². The molecule has 2 nitrogen and oxygen atoms in total. The molecule has 3 heteroatoms. The smallest absolute Gasteiger partial charge is 0.0957 e. The van der Waals surface area contributed by atoms with E-state index in [0.29, 0.717) is 6.42 Å². The largest absolute Gasteiger partial charge is 0.388 e. The lowest BCUT2D eigenvalue weighted by molar-refractivity contribution is 0.177. The molecule has 1 N–H and O–H groups in total. The van der Waals surface area contributed by atoms with Gasteiger partial charge in [-0.05, 0) is 30.5 Å². The number of hydrogen-bond donors (Lipinski definition) is 1. The van der Waals surface area contributed by atoms with Gasteiger partial charge in [-0.1, -0.05) is 39.0 Å². The summed E-state index contributed by atoms with van der Waals surface area (Å²) in [6, 6.07) is 6.13. The van der Waals surface area contributed by atoms with Gasteiger partial charge in [-0.15, -0.1) is 11.3 Å². The molecular formula is C17H23NOS. The van der Waals surface area contributed by atoms with E-state index in [1.807, 2.05) is 32.0 Å². The summed E-state index contributed by atoms with van der Waals surface area (Å²) in [6.07, 6.45) is 0.113. The molecule has 0 aliphatic carbocycles. The Hall–Kier alpha value is -1.19. The summed E-state index contributed by atoms with van der Waals surface area (Å²) in [5, 5.41) is 13.6. The number of aliphatic hydroxyl groups is 1. The van der Waals surface area contributed by atoms with Crippen LogP contribution in [0.3, 0.4) is 0 Å². The fourth-order valence-corrected chi connectivity index (χ4v) is 3.43. The van der Waals surface area contributed by atoms with Gasteiger partial charge in [-0.2, -0.15) is 0 Å². The molecule has 0 amide bonds. The van der Waals surface area contributed by atoms with E-state index in [1.54, 1.807) is 11.3 Å². The summed E-state index contributed by atoms with van der Waals surface area (Å²) in [5.41, 5.74) is 4.50. The van der Waals surface area contributed by atoms with Crippen molar-refractivity contribution in [2.45, 2.75) is 52.6 Å². The minimum atomic E-state index is -0.477. The molecule has 20 heavy (non-hydrogen) atoms. The second kappa shape index (κ2) is 5.66. The molecule has 0 saturated carbocycles. The zero-order valence-corrected chi connectivity index (χ0v) is 13.7. The molecule has 0 aliphatic heterocycles. The van der Waals surface area contributed by atoms with Gasteiger partial charge in [0, 0.05) is 17.2 Å². The number of aromatic nitrogens is 1. The van der Waals surface area contributed by atoms with E-state index in [1.165, 1.54) is 0 Å². The number of aryl methyl sites for hydroxylation is 2. The van der Waals surface area contributed by atoms with Crippen LogP contribution in [0.5, 0.6) is 0 Å². The molecule has 1 aromatic carbocycles. The predicted molar refractivity (Wildman–Crippen MR) is 85.4 cm³/mol. The normalized spacial score (nSPS) is 13.5. The number of nitrogens with zero attached hydrogens (tertiary/aromatic N) is 1. The Labute approximate surface area is 125 Å². The van der Waals surface area contributed by atoms with Crippen molar-refractivity contribution in [1.82, 2.24) is 4.98 Å². The summed E-state index contributed by atoms with van der Waals surface area (Å²) in [7, 11) is 0. The second-order valence-corrected chi connectivity index (χ2v) is 7.34. The molecule has 0 fully saturated rings. The quantitative estimate of drug-likeness (QED) is 0.912. The Kier molecular flexibility index (Phi) is 4.31. The van der Waals surface area contributed by atoms with Gasteiger partial charge >= 0.3 is 0 Å². The topological polar surface area (TPSA) is 33.1 Å². The molecule has 108 valence electrons. The molecule has 0 saturated heterocycles. The van der Waals surface area contributed by atoms with E-state index in [9.17, 15) is 5.11 Å². The highest BCUT2D eigenvalue weighted by molar-refractivity contribution is 7.09. The number of aliphatic hydroxyl groups excluding tert-OH is 1. The van der Waals surface area contributed by atoms with Crippen LogP contribution in [0.2, 0.25) is 0 Å². The number of hydrogen-bond acceptors (Lipinski definition) is 3. The zero-order chi connectivity index (χ0) is 14.9. The van der Waals surface area contributed by atoms with E-state index in [2.05, 4.69) is 31.1 Å². The van der Waals surface area contributed by atoms with Gasteiger partial charge in [-0.3, -0.25) is 0 Å². The first-order chi connectivity index (χ1) is 9.29. The number of rotatable bonds is 3. The van der Waals surface area contributed by atoms with Crippen LogP contribution in [0.15, 0.2) is 23.6 Å². The van der Waals surface area contributed by atoms with Gasteiger partial charge in [0.1, 0.15) is 0 Å². The monoisotopic (exact) mass is 289 g/mol. The van der Waals surface area contributed by atoms with Crippen LogP contribution in [0.25, 0.3) is 0 Å². The fourth-order valence-electron chi connectivity index (χ4n) is 2.37. The highest BCUT2D eigenvalue weighted by atomic mass is 32.1. The van der Waals surface area contributed by atoms with E-state index < -0.39 is 6.10 Å². The third kappa shape index (κ3) is 3.28. The lowest BCUT2D eigenvalue weighted by Gasteiger charge is -2.16. The highest BCUT2D eigenvalue weighted by Gasteiger charge is 2.20. The van der Waals surface area contributed by atoms with Crippen molar-refractivity contribution in [3.05, 3.63) is 51.0 Å². The second-order valence-electron chi connectivity index (χ2n) is 6.40. The average molecular weight is 289 g/mol. The number of benzene rings is 1. The minimum absolute atomic E-state index is 0.0677. The van der Waals surface area contributed by atoms with Gasteiger partial charge in [0.15, 0.2) is 0 Å². The van der Waals surface area contributed by atoms with Crippen LogP contribution >= 0.6 is 11.3 Å². The zero-order valence-electron chi connectivity index (χ0n) is 12.9. The van der Waals surface area contributed by atoms with E-state index in [4.69, 9.17) is 0 Å². The first-order valence-corrected chi connectivity index (χ1v) is 7.86. The van der Waals surface area contributed by atoms with Crippen molar-refractivity contribution >= 4 is 11.3 Å². The van der Waals surface area contributed by atoms with Crippen LogP contribution < -0.4 is 0 Å². The lowest BCUT2D eigenvalue weighted by atomic mass is 9.93. The van der Waals surface area contributed by atoms with E-state index in [0.717, 1.165) is 27.4 Å². The first kappa shape index (κ1) is 15.2. The molecule has 0 aliphatic rings. The van der Waals surface area contributed by atoms with Gasteiger partial charge in [-0.25, -0.2) is 4.98 Å². The average Bonchev–Trinajstić information content (AvgIpc) is 2.76. The van der Waals surface area contributed by atoms with Crippen molar-refractivity contribution < 1.29 is 5.11 Å². The van der Waals surface area contributed by atoms with Gasteiger partial charge in [0.2, 0.25) is 0 Å². The Balaban J connectivity index is 2.20. The third-order valence-electron chi connectivity index (χ3n) is 3.56. The molecule has 0 bridgehead atoms. The summed E-state index contributed by atoms with van der Waals surface area (Å²) in [6.45, 7) is 10.6. The molecule has 0 spiro atoms. The maximum absolute atomic E-state index is 10.5. The summed E-state index contributed by atoms with van der Waals surface area (Å²) in [5.74, 6) is 0. The van der Waals surface area contributed by atoms with Gasteiger partial charge < -0.3 is 5.11 Å². The molecular weight excluding hydrogens is 266 g/mol. The Morgan fingerprint density at radius 1 is 1.20 bits per heavy atom. The fraction of sp³-hybridized carbons (Fsp3) is 0.471. The molecule has 1 unspecified atom stereocenters. The van der Waals surface area contributed by atoms with Crippen molar-refractivity contribution in [2.75, 3.05) is 0 Å². The molecule has 0 radical (unpaired) electrons. The maximum atomic E-state index is 10.5. The summed E-state index contributed by atoms with van der Waals surface area (Å²) in [4.78, 5) is 4.66. The van der Waals surface area contributed by atoms with Gasteiger partial charge in [0.25, 0.3) is 0 Å². The molecule has 2 rings (SSSR count). The van der Waals surface area contributed by atoms with Crippen molar-refractivity contribution in [3.8, 4) is 0 Å². The Morgan fingerprint density at radius 3 is 2.30 bits per heavy atom. The molecule has 2 aromatic rings. The van der Waals surface area contributed by atoms with Gasteiger partial charge in [0.05, 0.1) is 16.8 Å². The molecule has 1 aromatic heterocycles. The van der Waals surface area contributed by atoms with Crippen LogP contribution in [0.4, 0.5) is 0 Å². The standard InChI is InChI=1S/C17H23NOS/c1-11-7-6-8-12(2)16(11)13(19)9-15-18-14(10-20-15)17(3,4)5/h6-8,10,13,19H,9H2,1-5H3. The predicted octanol–water partition coefficient (Wildman–Crippen LogP) is 4.33. The van der Waals surface area contributed by atoms with Crippen molar-refractivity contribution in [2.24, 2.45) is 0 Å². The van der Waals surface area contributed by atoms with E-state index >= 15 is 0 Å². The van der Waals surface area contributed by atoms with Crippen LogP contribution in [-0.2, 0) is 11.8 Å². The number of thiazole rings is 1. The van der Waals surface area contributed by atoms with Crippen LogP contribution in [0, 0.1) is 13.8 Å². The Bertz CT molecular complexity index is 575. The lowest BCUT2D eigenvalue weighted by Crippen LogP contribution is -2.12. The molecule has 1 heterocycles. The SMILES string of the molecule is Cc1cccc(C)c1C(O)Cc1nc(C(C)(C)C)cs1. The maximum Gasteiger partial charge on any atom is 0.0957 e. The summed E-state index contributed by atoms with van der Waals surface area (Å²) < 4.78 is 0. The first-order valence-electron chi connectivity index (χ1n) is 6.98. The highest BCUT2D eigenvalue weighted by Crippen LogP contribution is 2.29. The summed E-state index contributed by atoms with van der Waals surface area (Å²) >= 11 is 1.64. The van der Waals surface area contributed by atoms with Crippen molar-refractivity contribution in [3.63, 3.8) is 0 Å².